The number of hydrogen-bond donors (Lipinski definition) is 1. The summed E-state index contributed by atoms with van der Waals surface area (Å²) in [6, 6.07) is 7.29. The second-order valence-electron chi connectivity index (χ2n) is 6.32. The Labute approximate surface area is 157 Å². The van der Waals surface area contributed by atoms with Gasteiger partial charge in [-0.1, -0.05) is 0 Å². The minimum Gasteiger partial charge on any atom is -0.494 e. The molecule has 1 aliphatic rings. The highest BCUT2D eigenvalue weighted by molar-refractivity contribution is 5.86. The first-order chi connectivity index (χ1) is 13.1. The molecule has 1 aromatic carbocycles. The van der Waals surface area contributed by atoms with Crippen molar-refractivity contribution >= 4 is 11.9 Å². The highest BCUT2D eigenvalue weighted by Gasteiger charge is 2.25. The van der Waals surface area contributed by atoms with Crippen molar-refractivity contribution in [3.8, 4) is 11.5 Å². The van der Waals surface area contributed by atoms with Gasteiger partial charge in [0.05, 0.1) is 24.4 Å². The molecule has 3 rings (SSSR count). The minimum atomic E-state index is -0.986. The molecule has 8 heteroatoms. The van der Waals surface area contributed by atoms with E-state index < -0.39 is 5.97 Å². The summed E-state index contributed by atoms with van der Waals surface area (Å²) in [6.45, 7) is 3.70. The van der Waals surface area contributed by atoms with Gasteiger partial charge in [-0.25, -0.2) is 4.79 Å². The molecule has 0 bridgehead atoms. The standard InChI is InChI=1S/C19H23N3O5/c1-2-26-16-3-5-17(6-4-16)27-13-18(23)21-9-7-15(8-10-21)22-12-14(11-20-22)19(24)25/h3-6,11-12,15H,2,7-10,13H2,1H3,(H,24,25). The molecule has 1 aliphatic heterocycles. The smallest absolute Gasteiger partial charge is 0.338 e. The molecule has 27 heavy (non-hydrogen) atoms. The van der Waals surface area contributed by atoms with Crippen molar-refractivity contribution in [1.29, 1.82) is 0 Å². The maximum absolute atomic E-state index is 12.4. The predicted molar refractivity (Wildman–Crippen MR) is 97.1 cm³/mol. The predicted octanol–water partition coefficient (Wildman–Crippen LogP) is 2.22. The fourth-order valence-electron chi connectivity index (χ4n) is 3.06. The average Bonchev–Trinajstić information content (AvgIpc) is 3.18. The molecule has 0 atom stereocenters. The zero-order valence-electron chi connectivity index (χ0n) is 15.2. The zero-order valence-corrected chi connectivity index (χ0v) is 15.2. The van der Waals surface area contributed by atoms with Gasteiger partial charge in [0, 0.05) is 19.3 Å². The molecule has 1 aromatic heterocycles. The van der Waals surface area contributed by atoms with E-state index in [1.165, 1.54) is 6.20 Å². The van der Waals surface area contributed by atoms with Crippen LogP contribution in [0.1, 0.15) is 36.2 Å². The number of carboxylic acid groups (broad SMARTS) is 1. The van der Waals surface area contributed by atoms with Crippen molar-refractivity contribution in [1.82, 2.24) is 14.7 Å². The van der Waals surface area contributed by atoms with Crippen LogP contribution in [0.5, 0.6) is 11.5 Å². The third-order valence-corrected chi connectivity index (χ3v) is 4.54. The molecule has 0 spiro atoms. The third kappa shape index (κ3) is 4.78. The summed E-state index contributed by atoms with van der Waals surface area (Å²) in [6.07, 6.45) is 4.36. The van der Waals surface area contributed by atoms with Crippen molar-refractivity contribution in [3.63, 3.8) is 0 Å². The van der Waals surface area contributed by atoms with Gasteiger partial charge in [0.15, 0.2) is 6.61 Å². The van der Waals surface area contributed by atoms with Gasteiger partial charge in [0.25, 0.3) is 5.91 Å². The van der Waals surface area contributed by atoms with Crippen molar-refractivity contribution in [3.05, 3.63) is 42.2 Å². The van der Waals surface area contributed by atoms with Gasteiger partial charge < -0.3 is 19.5 Å². The average molecular weight is 373 g/mol. The largest absolute Gasteiger partial charge is 0.494 e. The summed E-state index contributed by atoms with van der Waals surface area (Å²) in [4.78, 5) is 25.1. The Morgan fingerprint density at radius 3 is 2.33 bits per heavy atom. The Bertz CT molecular complexity index is 779. The summed E-state index contributed by atoms with van der Waals surface area (Å²) in [5, 5.41) is 13.1. The number of rotatable bonds is 7. The molecule has 2 heterocycles. The first kappa shape index (κ1) is 18.8. The fraction of sp³-hybridized carbons (Fsp3) is 0.421. The summed E-state index contributed by atoms with van der Waals surface area (Å²) < 4.78 is 12.6. The van der Waals surface area contributed by atoms with Gasteiger partial charge in [0.2, 0.25) is 0 Å². The number of carboxylic acids is 1. The number of carbonyl (C=O) groups is 2. The van der Waals surface area contributed by atoms with E-state index in [-0.39, 0.29) is 24.1 Å². The van der Waals surface area contributed by atoms with E-state index in [1.807, 2.05) is 19.1 Å². The van der Waals surface area contributed by atoms with Gasteiger partial charge in [-0.2, -0.15) is 5.10 Å². The number of benzene rings is 1. The third-order valence-electron chi connectivity index (χ3n) is 4.54. The lowest BCUT2D eigenvalue weighted by Crippen LogP contribution is -2.41. The maximum Gasteiger partial charge on any atom is 0.338 e. The number of hydrogen-bond acceptors (Lipinski definition) is 5. The van der Waals surface area contributed by atoms with Crippen LogP contribution < -0.4 is 9.47 Å². The Morgan fingerprint density at radius 2 is 1.78 bits per heavy atom. The van der Waals surface area contributed by atoms with E-state index in [4.69, 9.17) is 14.6 Å². The Kier molecular flexibility index (Phi) is 5.95. The van der Waals surface area contributed by atoms with E-state index >= 15 is 0 Å². The van der Waals surface area contributed by atoms with Crippen LogP contribution in [0.4, 0.5) is 0 Å². The zero-order chi connectivity index (χ0) is 19.2. The normalized spacial score (nSPS) is 14.8. The molecule has 1 saturated heterocycles. The highest BCUT2D eigenvalue weighted by Crippen LogP contribution is 2.23. The number of aromatic carboxylic acids is 1. The molecule has 0 aliphatic carbocycles. The van der Waals surface area contributed by atoms with Crippen molar-refractivity contribution in [2.75, 3.05) is 26.3 Å². The van der Waals surface area contributed by atoms with E-state index in [0.29, 0.717) is 25.4 Å². The minimum absolute atomic E-state index is 0.0103. The van der Waals surface area contributed by atoms with Crippen molar-refractivity contribution in [2.24, 2.45) is 0 Å². The lowest BCUT2D eigenvalue weighted by molar-refractivity contribution is -0.134. The van der Waals surface area contributed by atoms with Gasteiger partial charge >= 0.3 is 5.97 Å². The Balaban J connectivity index is 1.45. The fourth-order valence-corrected chi connectivity index (χ4v) is 3.06. The first-order valence-electron chi connectivity index (χ1n) is 8.97. The summed E-state index contributed by atoms with van der Waals surface area (Å²) in [7, 11) is 0. The van der Waals surface area contributed by atoms with Crippen molar-refractivity contribution in [2.45, 2.75) is 25.8 Å². The molecule has 144 valence electrons. The van der Waals surface area contributed by atoms with E-state index in [0.717, 1.165) is 18.6 Å². The molecular formula is C19H23N3O5. The number of aromatic nitrogens is 2. The molecule has 1 N–H and O–H groups in total. The Hall–Kier alpha value is -3.03. The van der Waals surface area contributed by atoms with Crippen LogP contribution >= 0.6 is 0 Å². The van der Waals surface area contributed by atoms with Crippen molar-refractivity contribution < 1.29 is 24.2 Å². The second-order valence-corrected chi connectivity index (χ2v) is 6.32. The molecule has 0 radical (unpaired) electrons. The highest BCUT2D eigenvalue weighted by atomic mass is 16.5. The van der Waals surface area contributed by atoms with Crippen LogP contribution in [-0.2, 0) is 4.79 Å². The molecule has 0 unspecified atom stereocenters. The molecule has 8 nitrogen and oxygen atoms in total. The molecule has 2 aromatic rings. The number of nitrogens with zero attached hydrogens (tertiary/aromatic N) is 3. The Morgan fingerprint density at radius 1 is 1.15 bits per heavy atom. The SMILES string of the molecule is CCOc1ccc(OCC(=O)N2CCC(n3cc(C(=O)O)cn3)CC2)cc1. The van der Waals surface area contributed by atoms with Crippen LogP contribution in [0.15, 0.2) is 36.7 Å². The quantitative estimate of drug-likeness (QED) is 0.800. The number of amides is 1. The molecule has 1 fully saturated rings. The van der Waals surface area contributed by atoms with Gasteiger partial charge in [-0.05, 0) is 44.0 Å². The maximum atomic E-state index is 12.4. The van der Waals surface area contributed by atoms with Crippen LogP contribution in [-0.4, -0.2) is 58.0 Å². The first-order valence-corrected chi connectivity index (χ1v) is 8.97. The van der Waals surface area contributed by atoms with Gasteiger partial charge in [0.1, 0.15) is 11.5 Å². The summed E-state index contributed by atoms with van der Waals surface area (Å²) in [5.41, 5.74) is 0.178. The lowest BCUT2D eigenvalue weighted by atomic mass is 10.1. The van der Waals surface area contributed by atoms with Crippen LogP contribution in [0.3, 0.4) is 0 Å². The summed E-state index contributed by atoms with van der Waals surface area (Å²) in [5.74, 6) is 0.344. The monoisotopic (exact) mass is 373 g/mol. The molecule has 0 saturated carbocycles. The van der Waals surface area contributed by atoms with Crippen LogP contribution in [0.2, 0.25) is 0 Å². The topological polar surface area (TPSA) is 93.9 Å². The van der Waals surface area contributed by atoms with Crippen LogP contribution in [0.25, 0.3) is 0 Å². The van der Waals surface area contributed by atoms with Crippen LogP contribution in [0, 0.1) is 0 Å². The number of likely N-dealkylation sites (tertiary alicyclic amines) is 1. The second kappa shape index (κ2) is 8.57. The van der Waals surface area contributed by atoms with Gasteiger partial charge in [-0.3, -0.25) is 9.48 Å². The van der Waals surface area contributed by atoms with Gasteiger partial charge in [-0.15, -0.1) is 0 Å². The van der Waals surface area contributed by atoms with E-state index in [9.17, 15) is 9.59 Å². The number of piperidine rings is 1. The number of ether oxygens (including phenoxy) is 2. The summed E-state index contributed by atoms with van der Waals surface area (Å²) >= 11 is 0. The lowest BCUT2D eigenvalue weighted by Gasteiger charge is -2.32. The van der Waals surface area contributed by atoms with E-state index in [2.05, 4.69) is 5.10 Å². The molecular weight excluding hydrogens is 350 g/mol. The molecule has 1 amide bonds. The van der Waals surface area contributed by atoms with E-state index in [1.54, 1.807) is 27.9 Å². The number of carbonyl (C=O) groups excluding carboxylic acids is 1.